The zero-order valence-electron chi connectivity index (χ0n) is 18.8. The highest BCUT2D eigenvalue weighted by atomic mass is 16.5. The normalized spacial score (nSPS) is 20.9. The van der Waals surface area contributed by atoms with Crippen LogP contribution in [0.5, 0.6) is 0 Å². The number of ether oxygens (including phenoxy) is 1. The Labute approximate surface area is 203 Å². The first-order valence-corrected chi connectivity index (χ1v) is 11.1. The quantitative estimate of drug-likeness (QED) is 0.406. The first-order chi connectivity index (χ1) is 17.0. The van der Waals surface area contributed by atoms with Crippen molar-refractivity contribution in [3.8, 4) is 6.07 Å². The van der Waals surface area contributed by atoms with Gasteiger partial charge in [0, 0.05) is 40.2 Å². The Hall–Kier alpha value is -4.90. The molecule has 2 aromatic rings. The Morgan fingerprint density at radius 3 is 2.77 bits per heavy atom. The third-order valence-electron chi connectivity index (χ3n) is 5.96. The van der Waals surface area contributed by atoms with E-state index in [0.29, 0.717) is 23.3 Å². The Kier molecular flexibility index (Phi) is 5.73. The van der Waals surface area contributed by atoms with Gasteiger partial charge >= 0.3 is 0 Å². The smallest absolute Gasteiger partial charge is 0.291 e. The SMILES string of the molecule is C=C1Nc2ccccc2C(c2ccccc2)=NC1N=C(N)OC(=N)C1=CCC2C(C#N)=CNC2=C1. The molecule has 0 radical (unpaired) electrons. The summed E-state index contributed by atoms with van der Waals surface area (Å²) in [6.07, 6.45) is 5.18. The summed E-state index contributed by atoms with van der Waals surface area (Å²) in [7, 11) is 0. The number of nitrogens with two attached hydrogens (primary N) is 1. The van der Waals surface area contributed by atoms with E-state index in [4.69, 9.17) is 20.9 Å². The maximum atomic E-state index is 9.22. The molecule has 0 fully saturated rings. The molecule has 2 heterocycles. The van der Waals surface area contributed by atoms with E-state index in [9.17, 15) is 5.26 Å². The van der Waals surface area contributed by atoms with Crippen molar-refractivity contribution in [2.24, 2.45) is 21.6 Å². The fourth-order valence-electron chi connectivity index (χ4n) is 4.21. The monoisotopic (exact) mass is 461 g/mol. The molecule has 0 amide bonds. The van der Waals surface area contributed by atoms with Crippen LogP contribution in [0.25, 0.3) is 0 Å². The van der Waals surface area contributed by atoms with Gasteiger partial charge in [0.25, 0.3) is 6.02 Å². The van der Waals surface area contributed by atoms with Crippen molar-refractivity contribution in [3.05, 3.63) is 113 Å². The summed E-state index contributed by atoms with van der Waals surface area (Å²) in [5.74, 6) is -0.137. The molecule has 2 atom stereocenters. The number of aliphatic imine (C=N–C) groups is 2. The van der Waals surface area contributed by atoms with Crippen molar-refractivity contribution in [1.82, 2.24) is 5.32 Å². The number of anilines is 1. The van der Waals surface area contributed by atoms with E-state index in [2.05, 4.69) is 28.3 Å². The fourth-order valence-corrected chi connectivity index (χ4v) is 4.21. The number of rotatable bonds is 3. The van der Waals surface area contributed by atoms with Crippen LogP contribution < -0.4 is 16.4 Å². The minimum Gasteiger partial charge on any atom is -0.407 e. The molecule has 2 unspecified atom stereocenters. The molecule has 0 saturated heterocycles. The van der Waals surface area contributed by atoms with Crippen LogP contribution in [0, 0.1) is 22.7 Å². The van der Waals surface area contributed by atoms with Crippen molar-refractivity contribution < 1.29 is 4.74 Å². The highest BCUT2D eigenvalue weighted by Gasteiger charge is 2.28. The molecule has 0 spiro atoms. The minimum absolute atomic E-state index is 0.00433. The van der Waals surface area contributed by atoms with E-state index in [-0.39, 0.29) is 17.8 Å². The van der Waals surface area contributed by atoms with Gasteiger partial charge in [-0.05, 0) is 18.6 Å². The van der Waals surface area contributed by atoms with Crippen LogP contribution in [0.15, 0.2) is 112 Å². The zero-order valence-corrected chi connectivity index (χ0v) is 18.8. The van der Waals surface area contributed by atoms with Crippen LogP contribution in [0.1, 0.15) is 17.5 Å². The standard InChI is InChI=1S/C27H23N7O/c1-16-26(33-24(17-7-3-2-4-8-17)21-9-5-6-10-22(21)32-16)34-27(30)35-25(29)18-11-12-20-19(14-28)15-31-23(20)13-18/h2-11,13,15,20,26,29,31-32H,1,12H2,(H2,30,34). The minimum atomic E-state index is -0.757. The predicted octanol–water partition coefficient (Wildman–Crippen LogP) is 3.94. The van der Waals surface area contributed by atoms with Crippen LogP contribution in [0.4, 0.5) is 5.69 Å². The molecule has 5 rings (SSSR count). The Morgan fingerprint density at radius 1 is 1.20 bits per heavy atom. The van der Waals surface area contributed by atoms with E-state index in [1.165, 1.54) is 0 Å². The van der Waals surface area contributed by atoms with Gasteiger partial charge < -0.3 is 21.1 Å². The van der Waals surface area contributed by atoms with Crippen molar-refractivity contribution in [3.63, 3.8) is 0 Å². The predicted molar refractivity (Wildman–Crippen MR) is 137 cm³/mol. The third-order valence-corrected chi connectivity index (χ3v) is 5.96. The zero-order chi connectivity index (χ0) is 24.4. The molecule has 2 aromatic carbocycles. The van der Waals surface area contributed by atoms with E-state index in [1.807, 2.05) is 60.7 Å². The number of hydrogen-bond donors (Lipinski definition) is 4. The molecule has 2 aliphatic heterocycles. The van der Waals surface area contributed by atoms with Gasteiger partial charge in [-0.2, -0.15) is 5.26 Å². The van der Waals surface area contributed by atoms with Crippen LogP contribution in [-0.2, 0) is 4.74 Å². The average molecular weight is 462 g/mol. The van der Waals surface area contributed by atoms with Crippen LogP contribution in [0.3, 0.4) is 0 Å². The molecule has 8 heteroatoms. The number of amidine groups is 1. The summed E-state index contributed by atoms with van der Waals surface area (Å²) in [6.45, 7) is 4.10. The molecule has 0 saturated carbocycles. The van der Waals surface area contributed by atoms with Gasteiger partial charge in [0.1, 0.15) is 0 Å². The highest BCUT2D eigenvalue weighted by molar-refractivity contribution is 6.16. The number of benzodiazepines with no additional fused rings is 1. The highest BCUT2D eigenvalue weighted by Crippen LogP contribution is 2.32. The summed E-state index contributed by atoms with van der Waals surface area (Å²) < 4.78 is 5.55. The lowest BCUT2D eigenvalue weighted by Crippen LogP contribution is -2.26. The number of nitrogens with zero attached hydrogens (tertiary/aromatic N) is 3. The lowest BCUT2D eigenvalue weighted by molar-refractivity contribution is 0.522. The maximum absolute atomic E-state index is 9.22. The van der Waals surface area contributed by atoms with Crippen molar-refractivity contribution in [1.29, 1.82) is 10.7 Å². The third kappa shape index (κ3) is 4.35. The molecular weight excluding hydrogens is 438 g/mol. The second-order valence-electron chi connectivity index (χ2n) is 8.21. The van der Waals surface area contributed by atoms with Crippen LogP contribution in [0.2, 0.25) is 0 Å². The summed E-state index contributed by atoms with van der Waals surface area (Å²) in [4.78, 5) is 9.28. The number of para-hydroxylation sites is 1. The molecule has 0 bridgehead atoms. The van der Waals surface area contributed by atoms with Gasteiger partial charge in [0.15, 0.2) is 6.17 Å². The first kappa shape index (κ1) is 21.9. The van der Waals surface area contributed by atoms with Gasteiger partial charge in [0.2, 0.25) is 5.90 Å². The Balaban J connectivity index is 1.39. The number of nitrogens with one attached hydrogen (secondary N) is 3. The van der Waals surface area contributed by atoms with Crippen molar-refractivity contribution in [2.75, 3.05) is 5.32 Å². The summed E-state index contributed by atoms with van der Waals surface area (Å²) >= 11 is 0. The summed E-state index contributed by atoms with van der Waals surface area (Å²) in [5.41, 5.74) is 12.2. The van der Waals surface area contributed by atoms with Gasteiger partial charge in [-0.1, -0.05) is 61.2 Å². The molecule has 5 N–H and O–H groups in total. The fraction of sp³-hybridized carbons (Fsp3) is 0.111. The van der Waals surface area contributed by atoms with Gasteiger partial charge in [-0.25, -0.2) is 4.99 Å². The van der Waals surface area contributed by atoms with E-state index in [1.54, 1.807) is 12.3 Å². The number of allylic oxidation sites excluding steroid dienone is 2. The van der Waals surface area contributed by atoms with Crippen LogP contribution in [-0.4, -0.2) is 23.8 Å². The van der Waals surface area contributed by atoms with Crippen molar-refractivity contribution in [2.45, 2.75) is 12.6 Å². The molecule has 3 aliphatic rings. The summed E-state index contributed by atoms with van der Waals surface area (Å²) in [5, 5.41) is 24.0. The van der Waals surface area contributed by atoms with E-state index < -0.39 is 6.17 Å². The molecule has 172 valence electrons. The molecule has 8 nitrogen and oxygen atoms in total. The lowest BCUT2D eigenvalue weighted by Gasteiger charge is -2.18. The van der Waals surface area contributed by atoms with Gasteiger partial charge in [-0.3, -0.25) is 10.4 Å². The Morgan fingerprint density at radius 2 is 1.97 bits per heavy atom. The maximum Gasteiger partial charge on any atom is 0.291 e. The number of hydrogen-bond acceptors (Lipinski definition) is 7. The first-order valence-electron chi connectivity index (χ1n) is 11.1. The van der Waals surface area contributed by atoms with Crippen LogP contribution >= 0.6 is 0 Å². The largest absolute Gasteiger partial charge is 0.407 e. The van der Waals surface area contributed by atoms with E-state index >= 15 is 0 Å². The van der Waals surface area contributed by atoms with Gasteiger partial charge in [0.05, 0.1) is 23.1 Å². The Bertz CT molecular complexity index is 1410. The second kappa shape index (κ2) is 9.15. The molecular formula is C27H23N7O. The molecule has 35 heavy (non-hydrogen) atoms. The molecule has 0 aromatic heterocycles. The number of nitriles is 1. The average Bonchev–Trinajstić information content (AvgIpc) is 3.23. The second-order valence-corrected chi connectivity index (χ2v) is 8.21. The van der Waals surface area contributed by atoms with Crippen molar-refractivity contribution >= 4 is 23.3 Å². The lowest BCUT2D eigenvalue weighted by atomic mass is 9.90. The van der Waals surface area contributed by atoms with Gasteiger partial charge in [-0.15, -0.1) is 0 Å². The summed E-state index contributed by atoms with van der Waals surface area (Å²) in [6, 6.07) is 19.7. The number of fused-ring (bicyclic) bond motifs is 2. The molecule has 1 aliphatic carbocycles. The topological polar surface area (TPSA) is 132 Å². The van der Waals surface area contributed by atoms with E-state index in [0.717, 1.165) is 28.2 Å². The number of benzene rings is 2.